The first-order chi connectivity index (χ1) is 5.54. The van der Waals surface area contributed by atoms with Crippen molar-refractivity contribution in [2.24, 2.45) is 0 Å². The molecule has 0 heterocycles. The number of hydrogen-bond donors (Lipinski definition) is 0. The SMILES string of the molecule is C=CCC(C)(CC=C)O[SiH](C)C. The molecule has 2 heteroatoms. The van der Waals surface area contributed by atoms with Crippen molar-refractivity contribution in [3.8, 4) is 0 Å². The first-order valence-corrected chi connectivity index (χ1v) is 7.22. The van der Waals surface area contributed by atoms with E-state index in [4.69, 9.17) is 4.43 Å². The van der Waals surface area contributed by atoms with Crippen LogP contribution in [0.25, 0.3) is 0 Å². The summed E-state index contributed by atoms with van der Waals surface area (Å²) in [6.45, 7) is 14.0. The Morgan fingerprint density at radius 2 is 1.67 bits per heavy atom. The Kier molecular flexibility index (Phi) is 5.18. The Bertz CT molecular complexity index is 142. The summed E-state index contributed by atoms with van der Waals surface area (Å²) in [6, 6.07) is 0. The van der Waals surface area contributed by atoms with Gasteiger partial charge in [-0.05, 0) is 32.9 Å². The van der Waals surface area contributed by atoms with Crippen LogP contribution in [0.4, 0.5) is 0 Å². The molecule has 12 heavy (non-hydrogen) atoms. The van der Waals surface area contributed by atoms with Gasteiger partial charge in [0.2, 0.25) is 0 Å². The maximum absolute atomic E-state index is 5.92. The van der Waals surface area contributed by atoms with Crippen molar-refractivity contribution >= 4 is 9.04 Å². The standard InChI is InChI=1S/C10H20OSi/c1-6-8-10(3,9-7-2)11-12(4)5/h6-7,12H,1-2,8-9H2,3-5H3. The third-order valence-electron chi connectivity index (χ3n) is 1.67. The van der Waals surface area contributed by atoms with Crippen molar-refractivity contribution in [3.05, 3.63) is 25.3 Å². The van der Waals surface area contributed by atoms with Gasteiger partial charge in [0.1, 0.15) is 0 Å². The third-order valence-corrected chi connectivity index (χ3v) is 2.71. The Morgan fingerprint density at radius 1 is 1.25 bits per heavy atom. The van der Waals surface area contributed by atoms with Gasteiger partial charge < -0.3 is 4.43 Å². The van der Waals surface area contributed by atoms with Gasteiger partial charge in [0.05, 0.1) is 5.60 Å². The van der Waals surface area contributed by atoms with Gasteiger partial charge in [-0.25, -0.2) is 0 Å². The average Bonchev–Trinajstić information content (AvgIpc) is 1.85. The molecule has 0 radical (unpaired) electrons. The van der Waals surface area contributed by atoms with Gasteiger partial charge in [-0.1, -0.05) is 12.2 Å². The topological polar surface area (TPSA) is 9.23 Å². The van der Waals surface area contributed by atoms with Crippen molar-refractivity contribution < 1.29 is 4.43 Å². The maximum Gasteiger partial charge on any atom is 0.171 e. The van der Waals surface area contributed by atoms with E-state index in [1.165, 1.54) is 0 Å². The van der Waals surface area contributed by atoms with E-state index in [2.05, 4.69) is 33.2 Å². The lowest BCUT2D eigenvalue weighted by atomic mass is 9.99. The fraction of sp³-hybridized carbons (Fsp3) is 0.600. The summed E-state index contributed by atoms with van der Waals surface area (Å²) in [5, 5.41) is 0. The van der Waals surface area contributed by atoms with Crippen LogP contribution >= 0.6 is 0 Å². The van der Waals surface area contributed by atoms with Gasteiger partial charge in [0, 0.05) is 0 Å². The number of rotatable bonds is 6. The molecule has 0 spiro atoms. The molecule has 0 aromatic rings. The van der Waals surface area contributed by atoms with E-state index in [1.807, 2.05) is 12.2 Å². The van der Waals surface area contributed by atoms with Gasteiger partial charge in [0.15, 0.2) is 9.04 Å². The summed E-state index contributed by atoms with van der Waals surface area (Å²) >= 11 is 0. The average molecular weight is 184 g/mol. The summed E-state index contributed by atoms with van der Waals surface area (Å²) < 4.78 is 5.92. The molecule has 0 N–H and O–H groups in total. The van der Waals surface area contributed by atoms with Crippen LogP contribution in [-0.4, -0.2) is 14.6 Å². The predicted octanol–water partition coefficient (Wildman–Crippen LogP) is 2.90. The molecule has 0 saturated heterocycles. The maximum atomic E-state index is 5.92. The Labute approximate surface area is 77.9 Å². The van der Waals surface area contributed by atoms with E-state index in [9.17, 15) is 0 Å². The van der Waals surface area contributed by atoms with Crippen LogP contribution in [0.1, 0.15) is 19.8 Å². The van der Waals surface area contributed by atoms with Crippen LogP contribution in [-0.2, 0) is 4.43 Å². The minimum Gasteiger partial charge on any atom is -0.415 e. The van der Waals surface area contributed by atoms with E-state index in [-0.39, 0.29) is 5.60 Å². The summed E-state index contributed by atoms with van der Waals surface area (Å²) in [5.41, 5.74) is -0.0517. The molecule has 0 aromatic carbocycles. The molecule has 0 fully saturated rings. The Balaban J connectivity index is 4.15. The highest BCUT2D eigenvalue weighted by atomic mass is 28.3. The summed E-state index contributed by atoms with van der Waals surface area (Å²) in [5.74, 6) is 0. The van der Waals surface area contributed by atoms with Crippen LogP contribution < -0.4 is 0 Å². The van der Waals surface area contributed by atoms with E-state index in [0.717, 1.165) is 12.8 Å². The molecular weight excluding hydrogens is 164 g/mol. The fourth-order valence-corrected chi connectivity index (χ4v) is 2.69. The molecule has 70 valence electrons. The van der Waals surface area contributed by atoms with Gasteiger partial charge >= 0.3 is 0 Å². The molecule has 0 aliphatic rings. The van der Waals surface area contributed by atoms with Gasteiger partial charge in [-0.15, -0.1) is 13.2 Å². The molecule has 0 amide bonds. The van der Waals surface area contributed by atoms with Crippen LogP contribution in [0.2, 0.25) is 13.1 Å². The third kappa shape index (κ3) is 4.52. The second kappa shape index (κ2) is 5.33. The van der Waals surface area contributed by atoms with Crippen LogP contribution in [0, 0.1) is 0 Å². The molecular formula is C10H20OSi. The molecule has 0 atom stereocenters. The minimum atomic E-state index is -0.954. The normalized spacial score (nSPS) is 11.7. The molecule has 0 aliphatic carbocycles. The molecule has 0 saturated carbocycles. The quantitative estimate of drug-likeness (QED) is 0.455. The monoisotopic (exact) mass is 184 g/mol. The molecule has 0 aliphatic heterocycles. The van der Waals surface area contributed by atoms with Gasteiger partial charge in [0.25, 0.3) is 0 Å². The van der Waals surface area contributed by atoms with E-state index in [0.29, 0.717) is 0 Å². The first-order valence-electron chi connectivity index (χ1n) is 4.43. The Hall–Kier alpha value is -0.343. The number of hydrogen-bond acceptors (Lipinski definition) is 1. The molecule has 0 bridgehead atoms. The van der Waals surface area contributed by atoms with E-state index < -0.39 is 9.04 Å². The lowest BCUT2D eigenvalue weighted by molar-refractivity contribution is 0.0953. The summed E-state index contributed by atoms with van der Waals surface area (Å²) in [7, 11) is -0.954. The first kappa shape index (κ1) is 11.7. The van der Waals surface area contributed by atoms with Crippen LogP contribution in [0.3, 0.4) is 0 Å². The van der Waals surface area contributed by atoms with Crippen molar-refractivity contribution in [1.82, 2.24) is 0 Å². The molecule has 0 unspecified atom stereocenters. The fourth-order valence-electron chi connectivity index (χ4n) is 1.36. The summed E-state index contributed by atoms with van der Waals surface area (Å²) in [6.07, 6.45) is 5.65. The van der Waals surface area contributed by atoms with Gasteiger partial charge in [-0.2, -0.15) is 0 Å². The largest absolute Gasteiger partial charge is 0.415 e. The zero-order valence-corrected chi connectivity index (χ0v) is 9.62. The highest BCUT2D eigenvalue weighted by Crippen LogP contribution is 2.21. The zero-order valence-electron chi connectivity index (χ0n) is 8.47. The molecule has 0 rings (SSSR count). The lowest BCUT2D eigenvalue weighted by Gasteiger charge is -2.30. The van der Waals surface area contributed by atoms with Crippen LogP contribution in [0.15, 0.2) is 25.3 Å². The zero-order chi connectivity index (χ0) is 9.61. The Morgan fingerprint density at radius 3 is 1.92 bits per heavy atom. The second-order valence-corrected chi connectivity index (χ2v) is 5.94. The summed E-state index contributed by atoms with van der Waals surface area (Å²) in [4.78, 5) is 0. The van der Waals surface area contributed by atoms with Crippen molar-refractivity contribution in [3.63, 3.8) is 0 Å². The van der Waals surface area contributed by atoms with E-state index in [1.54, 1.807) is 0 Å². The van der Waals surface area contributed by atoms with Crippen molar-refractivity contribution in [1.29, 1.82) is 0 Å². The van der Waals surface area contributed by atoms with E-state index >= 15 is 0 Å². The molecule has 0 aromatic heterocycles. The van der Waals surface area contributed by atoms with Crippen LogP contribution in [0.5, 0.6) is 0 Å². The highest BCUT2D eigenvalue weighted by Gasteiger charge is 2.22. The lowest BCUT2D eigenvalue weighted by Crippen LogP contribution is -2.32. The van der Waals surface area contributed by atoms with Crippen molar-refractivity contribution in [2.45, 2.75) is 38.5 Å². The second-order valence-electron chi connectivity index (χ2n) is 3.60. The highest BCUT2D eigenvalue weighted by molar-refractivity contribution is 6.48. The smallest absolute Gasteiger partial charge is 0.171 e. The minimum absolute atomic E-state index is 0.0517. The molecule has 1 nitrogen and oxygen atoms in total. The predicted molar refractivity (Wildman–Crippen MR) is 58.0 cm³/mol. The van der Waals surface area contributed by atoms with Gasteiger partial charge in [-0.3, -0.25) is 0 Å². The van der Waals surface area contributed by atoms with Crippen molar-refractivity contribution in [2.75, 3.05) is 0 Å².